The number of imidazole rings is 1. The number of para-hydroxylation sites is 1. The van der Waals surface area contributed by atoms with E-state index in [9.17, 15) is 4.79 Å². The number of fused-ring (bicyclic) bond motifs is 1. The first-order chi connectivity index (χ1) is 9.33. The maximum Gasteiger partial charge on any atom is 0.242 e. The van der Waals surface area contributed by atoms with Gasteiger partial charge in [-0.05, 0) is 25.0 Å². The molecule has 2 heterocycles. The minimum atomic E-state index is 0.251. The molecule has 1 aliphatic heterocycles. The van der Waals surface area contributed by atoms with Crippen LogP contribution in [0.3, 0.4) is 0 Å². The highest BCUT2D eigenvalue weighted by molar-refractivity contribution is 5.92. The number of nitrogens with zero attached hydrogens (tertiary/aromatic N) is 3. The van der Waals surface area contributed by atoms with Crippen molar-refractivity contribution in [2.45, 2.75) is 18.9 Å². The van der Waals surface area contributed by atoms with Gasteiger partial charge in [0.1, 0.15) is 5.52 Å². The zero-order chi connectivity index (χ0) is 12.8. The lowest BCUT2D eigenvalue weighted by Gasteiger charge is -2.35. The van der Waals surface area contributed by atoms with Gasteiger partial charge in [0, 0.05) is 19.1 Å². The molecular weight excluding hydrogens is 240 g/mol. The summed E-state index contributed by atoms with van der Waals surface area (Å²) >= 11 is 0. The molecule has 1 saturated carbocycles. The third-order valence-corrected chi connectivity index (χ3v) is 4.01. The molecule has 98 valence electrons. The first-order valence-electron chi connectivity index (χ1n) is 6.79. The fourth-order valence-corrected chi connectivity index (χ4v) is 2.87. The number of benzene rings is 1. The molecule has 4 rings (SSSR count). The van der Waals surface area contributed by atoms with Gasteiger partial charge in [-0.15, -0.1) is 0 Å². The van der Waals surface area contributed by atoms with Gasteiger partial charge < -0.3 is 14.8 Å². The van der Waals surface area contributed by atoms with Crippen LogP contribution in [-0.2, 0) is 4.79 Å². The zero-order valence-corrected chi connectivity index (χ0v) is 10.7. The number of rotatable bonds is 2. The molecule has 5 nitrogen and oxygen atoms in total. The van der Waals surface area contributed by atoms with Crippen molar-refractivity contribution < 1.29 is 4.79 Å². The van der Waals surface area contributed by atoms with E-state index in [2.05, 4.69) is 14.9 Å². The van der Waals surface area contributed by atoms with Crippen LogP contribution in [0.15, 0.2) is 24.5 Å². The van der Waals surface area contributed by atoms with Crippen LogP contribution >= 0.6 is 0 Å². The van der Waals surface area contributed by atoms with E-state index in [1.807, 2.05) is 23.1 Å². The van der Waals surface area contributed by atoms with Crippen molar-refractivity contribution in [3.8, 4) is 0 Å². The van der Waals surface area contributed by atoms with Crippen molar-refractivity contribution in [1.82, 2.24) is 14.9 Å². The maximum absolute atomic E-state index is 12.2. The Hall–Kier alpha value is -2.04. The Morgan fingerprint density at radius 3 is 2.95 bits per heavy atom. The highest BCUT2D eigenvalue weighted by Crippen LogP contribution is 2.30. The van der Waals surface area contributed by atoms with Gasteiger partial charge in [0.25, 0.3) is 0 Å². The quantitative estimate of drug-likeness (QED) is 0.883. The SMILES string of the molecule is O=C1CN(c2cccc3[nH]cnc23)CCN1C1CC1. The van der Waals surface area contributed by atoms with Crippen LogP contribution in [0, 0.1) is 0 Å². The Morgan fingerprint density at radius 2 is 2.16 bits per heavy atom. The van der Waals surface area contributed by atoms with Crippen molar-refractivity contribution in [2.75, 3.05) is 24.5 Å². The van der Waals surface area contributed by atoms with Crippen molar-refractivity contribution in [1.29, 1.82) is 0 Å². The van der Waals surface area contributed by atoms with E-state index in [4.69, 9.17) is 0 Å². The van der Waals surface area contributed by atoms with E-state index < -0.39 is 0 Å². The molecule has 1 aromatic carbocycles. The number of nitrogens with one attached hydrogen (secondary N) is 1. The number of carbonyl (C=O) groups excluding carboxylic acids is 1. The van der Waals surface area contributed by atoms with Gasteiger partial charge in [0.15, 0.2) is 0 Å². The zero-order valence-electron chi connectivity index (χ0n) is 10.7. The molecule has 0 radical (unpaired) electrons. The number of amides is 1. The van der Waals surface area contributed by atoms with E-state index in [1.54, 1.807) is 6.33 Å². The maximum atomic E-state index is 12.2. The summed E-state index contributed by atoms with van der Waals surface area (Å²) in [5.41, 5.74) is 3.03. The Morgan fingerprint density at radius 1 is 1.26 bits per heavy atom. The average Bonchev–Trinajstić information content (AvgIpc) is 3.15. The summed E-state index contributed by atoms with van der Waals surface area (Å²) < 4.78 is 0. The first-order valence-corrected chi connectivity index (χ1v) is 6.79. The van der Waals surface area contributed by atoms with Crippen LogP contribution in [-0.4, -0.2) is 46.5 Å². The predicted octanol–water partition coefficient (Wildman–Crippen LogP) is 1.37. The van der Waals surface area contributed by atoms with Crippen molar-refractivity contribution in [3.63, 3.8) is 0 Å². The number of H-pyrrole nitrogens is 1. The number of aromatic amines is 1. The summed E-state index contributed by atoms with van der Waals surface area (Å²) in [6.45, 7) is 2.21. The second-order valence-electron chi connectivity index (χ2n) is 5.32. The minimum absolute atomic E-state index is 0.251. The number of piperazine rings is 1. The van der Waals surface area contributed by atoms with Gasteiger partial charge in [-0.2, -0.15) is 0 Å². The number of carbonyl (C=O) groups is 1. The van der Waals surface area contributed by atoms with Gasteiger partial charge in [-0.3, -0.25) is 4.79 Å². The molecule has 1 amide bonds. The molecule has 2 aromatic rings. The normalized spacial score (nSPS) is 20.3. The number of hydrogen-bond acceptors (Lipinski definition) is 3. The molecule has 1 aromatic heterocycles. The smallest absolute Gasteiger partial charge is 0.242 e. The van der Waals surface area contributed by atoms with E-state index >= 15 is 0 Å². The highest BCUT2D eigenvalue weighted by atomic mass is 16.2. The van der Waals surface area contributed by atoms with Crippen molar-refractivity contribution in [2.24, 2.45) is 0 Å². The third-order valence-electron chi connectivity index (χ3n) is 4.01. The number of aromatic nitrogens is 2. The lowest BCUT2D eigenvalue weighted by Crippen LogP contribution is -2.51. The largest absolute Gasteiger partial charge is 0.359 e. The van der Waals surface area contributed by atoms with Crippen LogP contribution in [0.1, 0.15) is 12.8 Å². The topological polar surface area (TPSA) is 52.2 Å². The third kappa shape index (κ3) is 1.77. The fraction of sp³-hybridized carbons (Fsp3) is 0.429. The molecule has 2 aliphatic rings. The second-order valence-corrected chi connectivity index (χ2v) is 5.32. The summed E-state index contributed by atoms with van der Waals surface area (Å²) in [5, 5.41) is 0. The first kappa shape index (κ1) is 10.8. The molecule has 2 fully saturated rings. The van der Waals surface area contributed by atoms with Crippen molar-refractivity contribution >= 4 is 22.6 Å². The fourth-order valence-electron chi connectivity index (χ4n) is 2.87. The standard InChI is InChI=1S/C14H16N4O/c19-13-8-17(6-7-18(13)10-4-5-10)12-3-1-2-11-14(12)16-9-15-11/h1-3,9-10H,4-8H2,(H,15,16). The molecular formula is C14H16N4O. The van der Waals surface area contributed by atoms with Gasteiger partial charge in [-0.25, -0.2) is 4.98 Å². The van der Waals surface area contributed by atoms with E-state index in [0.29, 0.717) is 12.6 Å². The Balaban J connectivity index is 1.63. The van der Waals surface area contributed by atoms with Crippen LogP contribution in [0.5, 0.6) is 0 Å². The predicted molar refractivity (Wildman–Crippen MR) is 73.0 cm³/mol. The van der Waals surface area contributed by atoms with Gasteiger partial charge in [0.2, 0.25) is 5.91 Å². The molecule has 1 aliphatic carbocycles. The molecule has 5 heteroatoms. The monoisotopic (exact) mass is 256 g/mol. The summed E-state index contributed by atoms with van der Waals surface area (Å²) in [6, 6.07) is 6.58. The van der Waals surface area contributed by atoms with Crippen LogP contribution in [0.4, 0.5) is 5.69 Å². The summed E-state index contributed by atoms with van der Waals surface area (Å²) in [6.07, 6.45) is 4.07. The molecule has 1 N–H and O–H groups in total. The van der Waals surface area contributed by atoms with Crippen LogP contribution < -0.4 is 4.90 Å². The Bertz CT molecular complexity index is 631. The van der Waals surface area contributed by atoms with Crippen molar-refractivity contribution in [3.05, 3.63) is 24.5 Å². The van der Waals surface area contributed by atoms with Gasteiger partial charge in [-0.1, -0.05) is 6.07 Å². The molecule has 0 spiro atoms. The van der Waals surface area contributed by atoms with Gasteiger partial charge in [0.05, 0.1) is 24.1 Å². The van der Waals surface area contributed by atoms with E-state index in [0.717, 1.165) is 29.8 Å². The van der Waals surface area contributed by atoms with E-state index in [-0.39, 0.29) is 5.91 Å². The average molecular weight is 256 g/mol. The summed E-state index contributed by atoms with van der Waals surface area (Å²) in [4.78, 5) is 23.9. The second kappa shape index (κ2) is 3.98. The van der Waals surface area contributed by atoms with Crippen LogP contribution in [0.25, 0.3) is 11.0 Å². The lowest BCUT2D eigenvalue weighted by atomic mass is 10.2. The molecule has 1 saturated heterocycles. The Kier molecular flexibility index (Phi) is 2.27. The Labute approximate surface area is 111 Å². The molecule has 0 atom stereocenters. The molecule has 0 bridgehead atoms. The molecule has 0 unspecified atom stereocenters. The van der Waals surface area contributed by atoms with E-state index in [1.165, 1.54) is 12.8 Å². The highest BCUT2D eigenvalue weighted by Gasteiger charge is 2.35. The number of anilines is 1. The summed E-state index contributed by atoms with van der Waals surface area (Å²) in [5.74, 6) is 0.251. The number of hydrogen-bond donors (Lipinski definition) is 1. The minimum Gasteiger partial charge on any atom is -0.359 e. The molecule has 19 heavy (non-hydrogen) atoms. The lowest BCUT2D eigenvalue weighted by molar-refractivity contribution is -0.131. The summed E-state index contributed by atoms with van der Waals surface area (Å²) in [7, 11) is 0. The van der Waals surface area contributed by atoms with Crippen LogP contribution in [0.2, 0.25) is 0 Å². The van der Waals surface area contributed by atoms with Gasteiger partial charge >= 0.3 is 0 Å².